The normalized spacial score (nSPS) is 11.8. The molecule has 1 atom stereocenters. The monoisotopic (exact) mass is 692 g/mol. The first-order valence-corrected chi connectivity index (χ1v) is 17.0. The molecule has 0 saturated carbocycles. The molecule has 3 heteroatoms. The van der Waals surface area contributed by atoms with Crippen LogP contribution in [0.25, 0.3) is 0 Å². The maximum Gasteiger partial charge on any atom is 0.0520 e. The Morgan fingerprint density at radius 1 is 0.477 bits per heavy atom. The van der Waals surface area contributed by atoms with E-state index in [0.717, 1.165) is 17.1 Å². The molecule has 0 radical (unpaired) electrons. The number of hydrogen-bond acceptors (Lipinski definition) is 2. The molecular formula is C41H45IN2. The first-order valence-electron chi connectivity index (χ1n) is 15.7. The van der Waals surface area contributed by atoms with Gasteiger partial charge in [0, 0.05) is 26.7 Å². The van der Waals surface area contributed by atoms with E-state index in [9.17, 15) is 0 Å². The van der Waals surface area contributed by atoms with Gasteiger partial charge in [-0.1, -0.05) is 101 Å². The van der Waals surface area contributed by atoms with Gasteiger partial charge >= 0.3 is 0 Å². The van der Waals surface area contributed by atoms with Gasteiger partial charge in [0.05, 0.1) is 11.4 Å². The molecule has 5 rings (SSSR count). The number of nitrogens with zero attached hydrogens (tertiary/aromatic N) is 2. The van der Waals surface area contributed by atoms with Crippen LogP contribution in [0.4, 0.5) is 34.1 Å². The molecule has 5 aromatic rings. The van der Waals surface area contributed by atoms with Crippen molar-refractivity contribution in [3.05, 3.63) is 142 Å². The number of hydrogen-bond donors (Lipinski definition) is 0. The average Bonchev–Trinajstić information content (AvgIpc) is 2.98. The van der Waals surface area contributed by atoms with Crippen molar-refractivity contribution in [1.29, 1.82) is 0 Å². The molecule has 226 valence electrons. The van der Waals surface area contributed by atoms with Gasteiger partial charge in [0.15, 0.2) is 0 Å². The summed E-state index contributed by atoms with van der Waals surface area (Å²) in [6.45, 7) is 17.7. The molecular weight excluding hydrogens is 647 g/mol. The molecule has 2 nitrogen and oxygen atoms in total. The molecule has 0 spiro atoms. The third kappa shape index (κ3) is 6.73. The van der Waals surface area contributed by atoms with Crippen LogP contribution in [0.3, 0.4) is 0 Å². The Bertz CT molecular complexity index is 1690. The fourth-order valence-corrected chi connectivity index (χ4v) is 7.40. The molecule has 0 heterocycles. The van der Waals surface area contributed by atoms with Crippen molar-refractivity contribution in [2.75, 3.05) is 9.80 Å². The molecule has 5 aromatic carbocycles. The lowest BCUT2D eigenvalue weighted by Crippen LogP contribution is -2.15. The van der Waals surface area contributed by atoms with Gasteiger partial charge in [-0.25, -0.2) is 0 Å². The van der Waals surface area contributed by atoms with Crippen LogP contribution in [-0.4, -0.2) is 0 Å². The van der Waals surface area contributed by atoms with E-state index >= 15 is 0 Å². The summed E-state index contributed by atoms with van der Waals surface area (Å²) in [6.07, 6.45) is 2.38. The SMILES string of the molecule is CCCC(I)c1cc(C)c(N(c2ccc(C)cc2)c2ccc(N(c3ccc(C)cc3)c3c(C)cc(C)cc3C)cc2)c(C)c1. The van der Waals surface area contributed by atoms with Crippen molar-refractivity contribution in [1.82, 2.24) is 0 Å². The van der Waals surface area contributed by atoms with Crippen molar-refractivity contribution >= 4 is 56.7 Å². The van der Waals surface area contributed by atoms with Gasteiger partial charge in [0.25, 0.3) is 0 Å². The Hall–Kier alpha value is -3.57. The van der Waals surface area contributed by atoms with E-state index in [-0.39, 0.29) is 0 Å². The molecule has 0 aromatic heterocycles. The number of aryl methyl sites for hydroxylation is 7. The van der Waals surface area contributed by atoms with E-state index in [4.69, 9.17) is 0 Å². The van der Waals surface area contributed by atoms with Crippen molar-refractivity contribution in [2.45, 2.75) is 72.2 Å². The number of halogens is 1. The second-order valence-corrected chi connectivity index (χ2v) is 13.9. The highest BCUT2D eigenvalue weighted by atomic mass is 127. The van der Waals surface area contributed by atoms with E-state index in [0.29, 0.717) is 3.92 Å². The summed E-state index contributed by atoms with van der Waals surface area (Å²) in [5.74, 6) is 0. The lowest BCUT2D eigenvalue weighted by Gasteiger charge is -2.32. The fraction of sp³-hybridized carbons (Fsp3) is 0.268. The molecule has 0 N–H and O–H groups in total. The van der Waals surface area contributed by atoms with Crippen LogP contribution in [0, 0.1) is 48.5 Å². The maximum atomic E-state index is 2.61. The van der Waals surface area contributed by atoms with Gasteiger partial charge in [-0.3, -0.25) is 0 Å². The Kier molecular flexibility index (Phi) is 9.84. The third-order valence-electron chi connectivity index (χ3n) is 8.45. The summed E-state index contributed by atoms with van der Waals surface area (Å²) in [5.41, 5.74) is 17.5. The van der Waals surface area contributed by atoms with Crippen LogP contribution < -0.4 is 9.80 Å². The molecule has 0 saturated heterocycles. The molecule has 0 bridgehead atoms. The topological polar surface area (TPSA) is 6.48 Å². The number of benzene rings is 5. The number of anilines is 6. The van der Waals surface area contributed by atoms with Crippen LogP contribution in [0.1, 0.15) is 68.2 Å². The Labute approximate surface area is 278 Å². The van der Waals surface area contributed by atoms with Crippen LogP contribution >= 0.6 is 22.6 Å². The molecule has 0 fully saturated rings. The second kappa shape index (κ2) is 13.6. The van der Waals surface area contributed by atoms with Gasteiger partial charge in [-0.05, 0) is 131 Å². The zero-order valence-electron chi connectivity index (χ0n) is 27.5. The van der Waals surface area contributed by atoms with Gasteiger partial charge in [-0.15, -0.1) is 0 Å². The highest BCUT2D eigenvalue weighted by Crippen LogP contribution is 2.44. The largest absolute Gasteiger partial charge is 0.310 e. The van der Waals surface area contributed by atoms with E-state index in [1.54, 1.807) is 0 Å². The minimum absolute atomic E-state index is 0.526. The van der Waals surface area contributed by atoms with Crippen LogP contribution in [0.5, 0.6) is 0 Å². The second-order valence-electron chi connectivity index (χ2n) is 12.4. The summed E-state index contributed by atoms with van der Waals surface area (Å²) in [6, 6.07) is 36.2. The predicted octanol–water partition coefficient (Wildman–Crippen LogP) is 13.1. The first-order chi connectivity index (χ1) is 21.1. The highest BCUT2D eigenvalue weighted by molar-refractivity contribution is 14.1. The van der Waals surface area contributed by atoms with Gasteiger partial charge < -0.3 is 9.80 Å². The molecule has 0 aliphatic rings. The zero-order valence-corrected chi connectivity index (χ0v) is 29.7. The smallest absolute Gasteiger partial charge is 0.0520 e. The van der Waals surface area contributed by atoms with E-state index in [1.807, 2.05) is 0 Å². The van der Waals surface area contributed by atoms with Crippen LogP contribution in [-0.2, 0) is 0 Å². The lowest BCUT2D eigenvalue weighted by atomic mass is 9.98. The van der Waals surface area contributed by atoms with Crippen molar-refractivity contribution in [2.24, 2.45) is 0 Å². The van der Waals surface area contributed by atoms with E-state index < -0.39 is 0 Å². The molecule has 44 heavy (non-hydrogen) atoms. The Balaban J connectivity index is 1.64. The molecule has 0 amide bonds. The summed E-state index contributed by atoms with van der Waals surface area (Å²) in [7, 11) is 0. The third-order valence-corrected chi connectivity index (χ3v) is 9.79. The Morgan fingerprint density at radius 3 is 1.14 bits per heavy atom. The van der Waals surface area contributed by atoms with E-state index in [1.165, 1.54) is 74.4 Å². The quantitative estimate of drug-likeness (QED) is 0.112. The molecule has 0 aliphatic carbocycles. The average molecular weight is 693 g/mol. The molecule has 1 unspecified atom stereocenters. The number of alkyl halides is 1. The summed E-state index contributed by atoms with van der Waals surface area (Å²) >= 11 is 2.61. The summed E-state index contributed by atoms with van der Waals surface area (Å²) < 4.78 is 0.526. The van der Waals surface area contributed by atoms with Crippen molar-refractivity contribution < 1.29 is 0 Å². The summed E-state index contributed by atoms with van der Waals surface area (Å²) in [5, 5.41) is 0. The maximum absolute atomic E-state index is 2.61. The fourth-order valence-electron chi connectivity index (χ4n) is 6.42. The highest BCUT2D eigenvalue weighted by Gasteiger charge is 2.21. The predicted molar refractivity (Wildman–Crippen MR) is 201 cm³/mol. The van der Waals surface area contributed by atoms with Crippen LogP contribution in [0.15, 0.2) is 97.1 Å². The van der Waals surface area contributed by atoms with E-state index in [2.05, 4.69) is 185 Å². The van der Waals surface area contributed by atoms with Crippen LogP contribution in [0.2, 0.25) is 0 Å². The minimum atomic E-state index is 0.526. The number of rotatable bonds is 9. The van der Waals surface area contributed by atoms with Crippen molar-refractivity contribution in [3.8, 4) is 0 Å². The van der Waals surface area contributed by atoms with Gasteiger partial charge in [0.2, 0.25) is 0 Å². The zero-order chi connectivity index (χ0) is 31.5. The molecule has 0 aliphatic heterocycles. The van der Waals surface area contributed by atoms with Gasteiger partial charge in [0.1, 0.15) is 0 Å². The Morgan fingerprint density at radius 2 is 0.795 bits per heavy atom. The standard InChI is InChI=1S/C41H45IN2/c1-9-10-39(42)34-25-32(7)41(33(8)26-34)44(36-17-13-28(3)14-18-36)38-21-19-37(20-22-38)43(35-15-11-27(2)12-16-35)40-30(5)23-29(4)24-31(40)6/h11-26,39H,9-10H2,1-8H3. The first kappa shape index (κ1) is 31.8. The van der Waals surface area contributed by atoms with Gasteiger partial charge in [-0.2, -0.15) is 0 Å². The summed E-state index contributed by atoms with van der Waals surface area (Å²) in [4.78, 5) is 4.83. The minimum Gasteiger partial charge on any atom is -0.310 e. The van der Waals surface area contributed by atoms with Crippen molar-refractivity contribution in [3.63, 3.8) is 0 Å². The lowest BCUT2D eigenvalue weighted by molar-refractivity contribution is 0.798.